The molecule has 0 saturated carbocycles. The lowest BCUT2D eigenvalue weighted by Crippen LogP contribution is -1.88. The second kappa shape index (κ2) is 5.73. The van der Waals surface area contributed by atoms with Crippen LogP contribution in [0.1, 0.15) is 0 Å². The third-order valence-electron chi connectivity index (χ3n) is 3.06. The lowest BCUT2D eigenvalue weighted by Gasteiger charge is -2.13. The van der Waals surface area contributed by atoms with Crippen molar-refractivity contribution in [2.45, 2.75) is 0 Å². The van der Waals surface area contributed by atoms with Gasteiger partial charge < -0.3 is 0 Å². The minimum atomic E-state index is 0.689. The SMILES string of the molecule is Clc1ccc(-c2ccncc2)c(-c2ccncc2)c1Br. The second-order valence-corrected chi connectivity index (χ2v) is 5.46. The van der Waals surface area contributed by atoms with Crippen LogP contribution < -0.4 is 0 Å². The molecule has 0 atom stereocenters. The number of aromatic nitrogens is 2. The summed E-state index contributed by atoms with van der Waals surface area (Å²) in [6, 6.07) is 11.8. The van der Waals surface area contributed by atoms with E-state index in [1.54, 1.807) is 24.8 Å². The van der Waals surface area contributed by atoms with Gasteiger partial charge >= 0.3 is 0 Å². The van der Waals surface area contributed by atoms with E-state index in [1.807, 2.05) is 36.4 Å². The van der Waals surface area contributed by atoms with E-state index >= 15 is 0 Å². The zero-order chi connectivity index (χ0) is 13.9. The summed E-state index contributed by atoms with van der Waals surface area (Å²) in [5.74, 6) is 0. The summed E-state index contributed by atoms with van der Waals surface area (Å²) in [4.78, 5) is 8.13. The highest BCUT2D eigenvalue weighted by molar-refractivity contribution is 9.10. The van der Waals surface area contributed by atoms with Gasteiger partial charge in [-0.15, -0.1) is 0 Å². The summed E-state index contributed by atoms with van der Waals surface area (Å²) in [7, 11) is 0. The molecule has 0 bridgehead atoms. The molecule has 0 amide bonds. The standard InChI is InChI=1S/C16H10BrClN2/c17-16-14(18)2-1-13(11-3-7-19-8-4-11)15(16)12-5-9-20-10-6-12/h1-10H. The summed E-state index contributed by atoms with van der Waals surface area (Å²) < 4.78 is 0.889. The van der Waals surface area contributed by atoms with E-state index in [9.17, 15) is 0 Å². The molecular formula is C16H10BrClN2. The van der Waals surface area contributed by atoms with Gasteiger partial charge in [-0.3, -0.25) is 9.97 Å². The van der Waals surface area contributed by atoms with Crippen molar-refractivity contribution in [1.82, 2.24) is 9.97 Å². The van der Waals surface area contributed by atoms with Crippen molar-refractivity contribution in [3.05, 3.63) is 70.7 Å². The van der Waals surface area contributed by atoms with Crippen molar-refractivity contribution in [1.29, 1.82) is 0 Å². The maximum atomic E-state index is 6.25. The van der Waals surface area contributed by atoms with Gasteiger partial charge in [-0.1, -0.05) is 17.7 Å². The van der Waals surface area contributed by atoms with Gasteiger partial charge in [0.2, 0.25) is 0 Å². The van der Waals surface area contributed by atoms with Gasteiger partial charge in [0.05, 0.1) is 5.02 Å². The van der Waals surface area contributed by atoms with Crippen LogP contribution in [0.15, 0.2) is 65.7 Å². The van der Waals surface area contributed by atoms with E-state index in [2.05, 4.69) is 25.9 Å². The maximum absolute atomic E-state index is 6.25. The summed E-state index contributed by atoms with van der Waals surface area (Å²) in [6.07, 6.45) is 7.13. The number of halogens is 2. The lowest BCUT2D eigenvalue weighted by atomic mass is 9.96. The molecule has 20 heavy (non-hydrogen) atoms. The van der Waals surface area contributed by atoms with Crippen LogP contribution in [-0.2, 0) is 0 Å². The highest BCUT2D eigenvalue weighted by Crippen LogP contribution is 2.41. The minimum Gasteiger partial charge on any atom is -0.265 e. The van der Waals surface area contributed by atoms with E-state index in [-0.39, 0.29) is 0 Å². The average Bonchev–Trinajstić information content (AvgIpc) is 2.51. The molecule has 0 fully saturated rings. The van der Waals surface area contributed by atoms with Crippen molar-refractivity contribution in [2.75, 3.05) is 0 Å². The van der Waals surface area contributed by atoms with E-state index in [0.717, 1.165) is 26.7 Å². The smallest absolute Gasteiger partial charge is 0.0554 e. The number of benzene rings is 1. The van der Waals surface area contributed by atoms with E-state index in [1.165, 1.54) is 0 Å². The number of hydrogen-bond donors (Lipinski definition) is 0. The molecule has 0 radical (unpaired) electrons. The van der Waals surface area contributed by atoms with Gasteiger partial charge in [0.15, 0.2) is 0 Å². The third-order valence-corrected chi connectivity index (χ3v) is 4.42. The number of pyridine rings is 2. The molecule has 1 aromatic carbocycles. The average molecular weight is 346 g/mol. The number of rotatable bonds is 2. The molecule has 98 valence electrons. The van der Waals surface area contributed by atoms with E-state index in [0.29, 0.717) is 5.02 Å². The molecule has 0 unspecified atom stereocenters. The van der Waals surface area contributed by atoms with Crippen LogP contribution in [0, 0.1) is 0 Å². The van der Waals surface area contributed by atoms with Crippen LogP contribution in [0.2, 0.25) is 5.02 Å². The largest absolute Gasteiger partial charge is 0.265 e. The molecule has 3 rings (SSSR count). The molecule has 2 nitrogen and oxygen atoms in total. The van der Waals surface area contributed by atoms with Gasteiger partial charge in [-0.05, 0) is 63.0 Å². The Morgan fingerprint density at radius 1 is 0.750 bits per heavy atom. The quantitative estimate of drug-likeness (QED) is 0.636. The predicted molar refractivity (Wildman–Crippen MR) is 85.6 cm³/mol. The molecule has 0 aliphatic heterocycles. The Bertz CT molecular complexity index is 730. The van der Waals surface area contributed by atoms with Gasteiger partial charge in [-0.25, -0.2) is 0 Å². The highest BCUT2D eigenvalue weighted by atomic mass is 79.9. The Labute approximate surface area is 130 Å². The first-order valence-corrected chi connectivity index (χ1v) is 7.23. The summed E-state index contributed by atoms with van der Waals surface area (Å²) in [5.41, 5.74) is 4.34. The fourth-order valence-electron chi connectivity index (χ4n) is 2.12. The van der Waals surface area contributed by atoms with Crippen LogP contribution in [0.5, 0.6) is 0 Å². The zero-order valence-electron chi connectivity index (χ0n) is 10.4. The van der Waals surface area contributed by atoms with Crippen molar-refractivity contribution < 1.29 is 0 Å². The fraction of sp³-hybridized carbons (Fsp3) is 0. The molecule has 2 heterocycles. The molecule has 0 N–H and O–H groups in total. The number of nitrogens with zero attached hydrogens (tertiary/aromatic N) is 2. The maximum Gasteiger partial charge on any atom is 0.0554 e. The molecule has 2 aromatic heterocycles. The number of hydrogen-bond acceptors (Lipinski definition) is 2. The van der Waals surface area contributed by atoms with Crippen molar-refractivity contribution in [3.8, 4) is 22.3 Å². The Morgan fingerprint density at radius 2 is 1.30 bits per heavy atom. The van der Waals surface area contributed by atoms with Crippen LogP contribution in [-0.4, -0.2) is 9.97 Å². The van der Waals surface area contributed by atoms with Crippen LogP contribution in [0.3, 0.4) is 0 Å². The Morgan fingerprint density at radius 3 is 1.90 bits per heavy atom. The molecule has 0 aliphatic carbocycles. The summed E-state index contributed by atoms with van der Waals surface area (Å²) in [6.45, 7) is 0. The summed E-state index contributed by atoms with van der Waals surface area (Å²) >= 11 is 9.85. The summed E-state index contributed by atoms with van der Waals surface area (Å²) in [5, 5.41) is 0.689. The molecule has 0 spiro atoms. The van der Waals surface area contributed by atoms with Gasteiger partial charge in [0, 0.05) is 34.8 Å². The first kappa shape index (κ1) is 13.3. The van der Waals surface area contributed by atoms with Gasteiger partial charge in [0.25, 0.3) is 0 Å². The van der Waals surface area contributed by atoms with Crippen molar-refractivity contribution >= 4 is 27.5 Å². The van der Waals surface area contributed by atoms with E-state index in [4.69, 9.17) is 11.6 Å². The van der Waals surface area contributed by atoms with Crippen molar-refractivity contribution in [2.24, 2.45) is 0 Å². The van der Waals surface area contributed by atoms with Crippen LogP contribution in [0.25, 0.3) is 22.3 Å². The Balaban J connectivity index is 2.29. The normalized spacial score (nSPS) is 10.5. The highest BCUT2D eigenvalue weighted by Gasteiger charge is 2.13. The second-order valence-electron chi connectivity index (χ2n) is 4.26. The molecular weight excluding hydrogens is 336 g/mol. The fourth-order valence-corrected chi connectivity index (χ4v) is 2.86. The first-order valence-electron chi connectivity index (χ1n) is 6.06. The molecule has 3 aromatic rings. The predicted octanol–water partition coefficient (Wildman–Crippen LogP) is 5.23. The lowest BCUT2D eigenvalue weighted by molar-refractivity contribution is 1.32. The van der Waals surface area contributed by atoms with Crippen molar-refractivity contribution in [3.63, 3.8) is 0 Å². The zero-order valence-corrected chi connectivity index (χ0v) is 12.8. The molecule has 0 aliphatic rings. The minimum absolute atomic E-state index is 0.689. The van der Waals surface area contributed by atoms with Crippen LogP contribution >= 0.6 is 27.5 Å². The monoisotopic (exact) mass is 344 g/mol. The van der Waals surface area contributed by atoms with Gasteiger partial charge in [0.1, 0.15) is 0 Å². The van der Waals surface area contributed by atoms with E-state index < -0.39 is 0 Å². The van der Waals surface area contributed by atoms with Gasteiger partial charge in [-0.2, -0.15) is 0 Å². The Kier molecular flexibility index (Phi) is 3.81. The molecule has 4 heteroatoms. The Hall–Kier alpha value is -1.71. The third kappa shape index (κ3) is 2.47. The molecule has 0 saturated heterocycles. The first-order chi connectivity index (χ1) is 9.77. The van der Waals surface area contributed by atoms with Crippen LogP contribution in [0.4, 0.5) is 0 Å². The topological polar surface area (TPSA) is 25.8 Å².